The van der Waals surface area contributed by atoms with Crippen molar-refractivity contribution in [2.24, 2.45) is 5.92 Å². The van der Waals surface area contributed by atoms with E-state index in [1.807, 2.05) is 6.07 Å². The topological polar surface area (TPSA) is 29.0 Å². The summed E-state index contributed by atoms with van der Waals surface area (Å²) in [5.74, 6) is 0.779. The van der Waals surface area contributed by atoms with Crippen LogP contribution in [0.2, 0.25) is 0 Å². The molecule has 0 N–H and O–H groups in total. The lowest BCUT2D eigenvalue weighted by Gasteiger charge is -2.08. The maximum Gasteiger partial charge on any atom is 0.0634 e. The minimum Gasteiger partial charge on any atom is -0.306 e. The molecule has 70 valence electrons. The molecule has 0 bridgehead atoms. The van der Waals surface area contributed by atoms with Gasteiger partial charge in [-0.2, -0.15) is 10.2 Å². The standard InChI is InChI=1S/C10H15N3/c1-13-6-4-9(8-13)7-10-3-2-5-11-12-10/h2-3,5,9H,4,6-8H2,1H3. The van der Waals surface area contributed by atoms with Crippen molar-refractivity contribution in [2.45, 2.75) is 12.8 Å². The maximum absolute atomic E-state index is 4.10. The number of rotatable bonds is 2. The molecule has 1 aromatic rings. The van der Waals surface area contributed by atoms with E-state index in [4.69, 9.17) is 0 Å². The molecule has 0 radical (unpaired) electrons. The third-order valence-corrected chi connectivity index (χ3v) is 2.61. The second-order valence-corrected chi connectivity index (χ2v) is 3.84. The fourth-order valence-electron chi connectivity index (χ4n) is 1.93. The van der Waals surface area contributed by atoms with Crippen LogP contribution in [0.25, 0.3) is 0 Å². The van der Waals surface area contributed by atoms with Crippen LogP contribution in [0, 0.1) is 5.92 Å². The Labute approximate surface area is 78.8 Å². The van der Waals surface area contributed by atoms with Gasteiger partial charge in [-0.1, -0.05) is 0 Å². The SMILES string of the molecule is CN1CCC(Cc2cccnn2)C1. The minimum atomic E-state index is 0.779. The highest BCUT2D eigenvalue weighted by atomic mass is 15.1. The molecule has 2 heterocycles. The van der Waals surface area contributed by atoms with Crippen molar-refractivity contribution in [1.29, 1.82) is 0 Å². The van der Waals surface area contributed by atoms with Gasteiger partial charge < -0.3 is 4.90 Å². The van der Waals surface area contributed by atoms with Crippen LogP contribution in [0.3, 0.4) is 0 Å². The molecule has 0 saturated carbocycles. The van der Waals surface area contributed by atoms with Crippen LogP contribution in [0.4, 0.5) is 0 Å². The predicted octanol–water partition coefficient (Wildman–Crippen LogP) is 0.971. The van der Waals surface area contributed by atoms with Gasteiger partial charge in [-0.3, -0.25) is 0 Å². The Hall–Kier alpha value is -0.960. The van der Waals surface area contributed by atoms with E-state index in [9.17, 15) is 0 Å². The molecule has 13 heavy (non-hydrogen) atoms. The van der Waals surface area contributed by atoms with Gasteiger partial charge in [0.25, 0.3) is 0 Å². The van der Waals surface area contributed by atoms with Gasteiger partial charge in [-0.15, -0.1) is 0 Å². The normalized spacial score (nSPS) is 23.6. The molecule has 1 aliphatic heterocycles. The van der Waals surface area contributed by atoms with E-state index >= 15 is 0 Å². The van der Waals surface area contributed by atoms with Crippen LogP contribution in [-0.2, 0) is 6.42 Å². The highest BCUT2D eigenvalue weighted by molar-refractivity contribution is 5.01. The van der Waals surface area contributed by atoms with Crippen LogP contribution < -0.4 is 0 Å². The molecule has 1 atom stereocenters. The Bertz CT molecular complexity index is 260. The van der Waals surface area contributed by atoms with Crippen LogP contribution in [-0.4, -0.2) is 35.2 Å². The van der Waals surface area contributed by atoms with Gasteiger partial charge in [-0.05, 0) is 44.5 Å². The molecule has 1 saturated heterocycles. The Kier molecular flexibility index (Phi) is 2.54. The number of nitrogens with zero attached hydrogens (tertiary/aromatic N) is 3. The van der Waals surface area contributed by atoms with Crippen molar-refractivity contribution >= 4 is 0 Å². The van der Waals surface area contributed by atoms with Crippen molar-refractivity contribution in [3.8, 4) is 0 Å². The summed E-state index contributed by atoms with van der Waals surface area (Å²) in [6.45, 7) is 2.43. The van der Waals surface area contributed by atoms with Crippen LogP contribution >= 0.6 is 0 Å². The average Bonchev–Trinajstić information content (AvgIpc) is 2.53. The Morgan fingerprint density at radius 1 is 1.62 bits per heavy atom. The van der Waals surface area contributed by atoms with Crippen molar-refractivity contribution in [3.63, 3.8) is 0 Å². The summed E-state index contributed by atoms with van der Waals surface area (Å²) in [5, 5.41) is 7.98. The van der Waals surface area contributed by atoms with Crippen molar-refractivity contribution in [2.75, 3.05) is 20.1 Å². The molecule has 3 nitrogen and oxygen atoms in total. The summed E-state index contributed by atoms with van der Waals surface area (Å²) in [7, 11) is 2.18. The molecule has 0 aromatic carbocycles. The van der Waals surface area contributed by atoms with Crippen molar-refractivity contribution < 1.29 is 0 Å². The molecule has 1 unspecified atom stereocenters. The van der Waals surface area contributed by atoms with Gasteiger partial charge >= 0.3 is 0 Å². The smallest absolute Gasteiger partial charge is 0.0634 e. The fourth-order valence-corrected chi connectivity index (χ4v) is 1.93. The zero-order valence-corrected chi connectivity index (χ0v) is 7.98. The third-order valence-electron chi connectivity index (χ3n) is 2.61. The zero-order valence-electron chi connectivity index (χ0n) is 7.98. The Morgan fingerprint density at radius 3 is 3.15 bits per heavy atom. The average molecular weight is 177 g/mol. The second kappa shape index (κ2) is 3.83. The van der Waals surface area contributed by atoms with E-state index in [1.54, 1.807) is 6.20 Å². The minimum absolute atomic E-state index is 0.779. The van der Waals surface area contributed by atoms with Crippen molar-refractivity contribution in [3.05, 3.63) is 24.0 Å². The van der Waals surface area contributed by atoms with Gasteiger partial charge in [0.15, 0.2) is 0 Å². The Morgan fingerprint density at radius 2 is 2.54 bits per heavy atom. The molecule has 0 spiro atoms. The summed E-state index contributed by atoms with van der Waals surface area (Å²) in [6, 6.07) is 4.02. The summed E-state index contributed by atoms with van der Waals surface area (Å²) in [6.07, 6.45) is 4.11. The maximum atomic E-state index is 4.10. The third kappa shape index (κ3) is 2.25. The summed E-state index contributed by atoms with van der Waals surface area (Å²) >= 11 is 0. The van der Waals surface area contributed by atoms with E-state index in [-0.39, 0.29) is 0 Å². The molecule has 0 amide bonds. The first-order valence-electron chi connectivity index (χ1n) is 4.80. The lowest BCUT2D eigenvalue weighted by molar-refractivity contribution is 0.393. The summed E-state index contributed by atoms with van der Waals surface area (Å²) in [4.78, 5) is 2.38. The number of aromatic nitrogens is 2. The molecule has 0 aliphatic carbocycles. The van der Waals surface area contributed by atoms with E-state index in [1.165, 1.54) is 19.5 Å². The molecule has 1 aliphatic rings. The van der Waals surface area contributed by atoms with Gasteiger partial charge in [-0.25, -0.2) is 0 Å². The highest BCUT2D eigenvalue weighted by Crippen LogP contribution is 2.17. The van der Waals surface area contributed by atoms with Gasteiger partial charge in [0, 0.05) is 12.7 Å². The molecule has 1 aromatic heterocycles. The number of hydrogen-bond acceptors (Lipinski definition) is 3. The second-order valence-electron chi connectivity index (χ2n) is 3.84. The van der Waals surface area contributed by atoms with Crippen LogP contribution in [0.1, 0.15) is 12.1 Å². The Balaban J connectivity index is 1.92. The van der Waals surface area contributed by atoms with E-state index in [2.05, 4.69) is 28.2 Å². The lowest BCUT2D eigenvalue weighted by Crippen LogP contribution is -2.15. The zero-order chi connectivity index (χ0) is 9.10. The van der Waals surface area contributed by atoms with E-state index in [0.29, 0.717) is 0 Å². The van der Waals surface area contributed by atoms with Crippen molar-refractivity contribution in [1.82, 2.24) is 15.1 Å². The number of likely N-dealkylation sites (tertiary alicyclic amines) is 1. The summed E-state index contributed by atoms with van der Waals surface area (Å²) < 4.78 is 0. The molecule has 3 heteroatoms. The summed E-state index contributed by atoms with van der Waals surface area (Å²) in [5.41, 5.74) is 1.13. The molecule has 2 rings (SSSR count). The molecular formula is C10H15N3. The van der Waals surface area contributed by atoms with Crippen LogP contribution in [0.5, 0.6) is 0 Å². The monoisotopic (exact) mass is 177 g/mol. The largest absolute Gasteiger partial charge is 0.306 e. The first-order valence-corrected chi connectivity index (χ1v) is 4.80. The predicted molar refractivity (Wildman–Crippen MR) is 51.3 cm³/mol. The van der Waals surface area contributed by atoms with Gasteiger partial charge in [0.1, 0.15) is 0 Å². The first kappa shape index (κ1) is 8.63. The first-order chi connectivity index (χ1) is 6.34. The van der Waals surface area contributed by atoms with Gasteiger partial charge in [0.2, 0.25) is 0 Å². The van der Waals surface area contributed by atoms with E-state index in [0.717, 1.165) is 18.0 Å². The molecule has 1 fully saturated rings. The lowest BCUT2D eigenvalue weighted by atomic mass is 10.0. The van der Waals surface area contributed by atoms with Crippen LogP contribution in [0.15, 0.2) is 18.3 Å². The molecular weight excluding hydrogens is 162 g/mol. The van der Waals surface area contributed by atoms with E-state index < -0.39 is 0 Å². The number of hydrogen-bond donors (Lipinski definition) is 0. The van der Waals surface area contributed by atoms with Gasteiger partial charge in [0.05, 0.1) is 5.69 Å². The highest BCUT2D eigenvalue weighted by Gasteiger charge is 2.19. The fraction of sp³-hybridized carbons (Fsp3) is 0.600. The quantitative estimate of drug-likeness (QED) is 0.674.